The molecule has 1 aliphatic rings. The maximum absolute atomic E-state index is 9.52. The first-order valence-electron chi connectivity index (χ1n) is 7.06. The normalized spacial score (nSPS) is 20.1. The van der Waals surface area contributed by atoms with Crippen molar-refractivity contribution in [3.8, 4) is 11.9 Å². The topological polar surface area (TPSA) is 85.5 Å². The lowest BCUT2D eigenvalue weighted by Crippen LogP contribution is -2.31. The molecule has 0 fully saturated rings. The van der Waals surface area contributed by atoms with E-state index >= 15 is 0 Å². The first kappa shape index (κ1) is 14.7. The van der Waals surface area contributed by atoms with E-state index in [0.29, 0.717) is 5.88 Å². The van der Waals surface area contributed by atoms with Gasteiger partial charge in [0.1, 0.15) is 5.92 Å². The zero-order valence-electron chi connectivity index (χ0n) is 12.4. The lowest BCUT2D eigenvalue weighted by molar-refractivity contribution is 0.436. The van der Waals surface area contributed by atoms with Crippen molar-refractivity contribution in [2.45, 2.75) is 24.2 Å². The van der Waals surface area contributed by atoms with Gasteiger partial charge in [0.2, 0.25) is 11.8 Å². The third-order valence-electron chi connectivity index (χ3n) is 3.95. The first-order chi connectivity index (χ1) is 10.7. The number of thioether (sulfide) groups is 1. The van der Waals surface area contributed by atoms with Crippen molar-refractivity contribution in [2.24, 2.45) is 5.92 Å². The molecule has 2 heterocycles. The monoisotopic (exact) mass is 312 g/mol. The van der Waals surface area contributed by atoms with Gasteiger partial charge >= 0.3 is 0 Å². The second-order valence-corrected chi connectivity index (χ2v) is 5.98. The quantitative estimate of drug-likeness (QED) is 0.851. The van der Waals surface area contributed by atoms with Crippen molar-refractivity contribution in [1.29, 1.82) is 10.7 Å². The zero-order chi connectivity index (χ0) is 15.7. The van der Waals surface area contributed by atoms with Crippen molar-refractivity contribution in [2.75, 3.05) is 6.26 Å². The number of aromatic amines is 1. The summed E-state index contributed by atoms with van der Waals surface area (Å²) in [5.74, 6) is -0.461. The molecule has 0 saturated heterocycles. The minimum atomic E-state index is -0.629. The Kier molecular flexibility index (Phi) is 3.90. The van der Waals surface area contributed by atoms with E-state index in [1.165, 1.54) is 4.90 Å². The van der Waals surface area contributed by atoms with E-state index in [1.807, 2.05) is 37.4 Å². The van der Waals surface area contributed by atoms with Crippen LogP contribution < -0.4 is 4.74 Å². The predicted molar refractivity (Wildman–Crippen MR) is 85.5 cm³/mol. The molecule has 2 N–H and O–H groups in total. The molecule has 1 aromatic heterocycles. The fraction of sp³-hybridized carbons (Fsp3) is 0.312. The Balaban J connectivity index is 2.15. The van der Waals surface area contributed by atoms with Gasteiger partial charge in [0.25, 0.3) is 0 Å². The Labute approximate surface area is 133 Å². The van der Waals surface area contributed by atoms with Gasteiger partial charge in [0.15, 0.2) is 0 Å². The van der Waals surface area contributed by atoms with Crippen molar-refractivity contribution in [3.63, 3.8) is 0 Å². The van der Waals surface area contributed by atoms with Crippen molar-refractivity contribution in [3.05, 3.63) is 41.1 Å². The van der Waals surface area contributed by atoms with Gasteiger partial charge in [-0.05, 0) is 30.4 Å². The van der Waals surface area contributed by atoms with E-state index in [-0.39, 0.29) is 11.8 Å². The number of benzene rings is 1. The zero-order valence-corrected chi connectivity index (χ0v) is 13.2. The maximum Gasteiger partial charge on any atom is 0.243 e. The summed E-state index contributed by atoms with van der Waals surface area (Å²) in [6.07, 6.45) is 2.80. The van der Waals surface area contributed by atoms with Crippen LogP contribution in [0.4, 0.5) is 0 Å². The highest BCUT2D eigenvalue weighted by Gasteiger charge is 2.40. The Morgan fingerprint density at radius 3 is 2.73 bits per heavy atom. The molecule has 1 aromatic carbocycles. The number of ether oxygens (including phenoxy) is 1. The van der Waals surface area contributed by atoms with Crippen LogP contribution in [0.5, 0.6) is 5.88 Å². The summed E-state index contributed by atoms with van der Waals surface area (Å²) < 4.78 is 5.43. The molecule has 0 amide bonds. The number of nitrogens with zero attached hydrogens (tertiary/aromatic N) is 2. The first-order valence-corrected chi connectivity index (χ1v) is 8.29. The molecule has 0 radical (unpaired) electrons. The van der Waals surface area contributed by atoms with Gasteiger partial charge in [-0.3, -0.25) is 10.5 Å². The number of hydrogen-bond donors (Lipinski definition) is 2. The van der Waals surface area contributed by atoms with Gasteiger partial charge in [0, 0.05) is 22.1 Å². The van der Waals surface area contributed by atoms with Gasteiger partial charge in [0.05, 0.1) is 6.07 Å². The molecule has 112 valence electrons. The largest absolute Gasteiger partial charge is 0.422 e. The van der Waals surface area contributed by atoms with Crippen LogP contribution in [-0.2, 0) is 6.42 Å². The standard InChI is InChI=1S/C16H16N4OS/c1-3-12-14-13(9-4-6-10(22-2)7-5-9)11(8-17)15(18)21-16(14)20-19-12/h4-7,11,13,18H,3H2,1-2H3,(H,19,20). The Morgan fingerprint density at radius 2 is 2.14 bits per heavy atom. The average molecular weight is 312 g/mol. The van der Waals surface area contributed by atoms with E-state index in [9.17, 15) is 5.26 Å². The lowest BCUT2D eigenvalue weighted by Gasteiger charge is -2.28. The minimum Gasteiger partial charge on any atom is -0.422 e. The molecular formula is C16H16N4OS. The summed E-state index contributed by atoms with van der Waals surface area (Å²) >= 11 is 1.68. The Morgan fingerprint density at radius 1 is 1.41 bits per heavy atom. The predicted octanol–water partition coefficient (Wildman–Crippen LogP) is 3.34. The highest BCUT2D eigenvalue weighted by atomic mass is 32.2. The highest BCUT2D eigenvalue weighted by Crippen LogP contribution is 2.43. The van der Waals surface area contributed by atoms with Crippen molar-refractivity contribution >= 4 is 17.7 Å². The molecule has 2 atom stereocenters. The second kappa shape index (κ2) is 5.85. The Hall–Kier alpha value is -2.26. The molecule has 5 nitrogen and oxygen atoms in total. The molecule has 1 aliphatic heterocycles. The molecule has 0 saturated carbocycles. The fourth-order valence-electron chi connectivity index (χ4n) is 2.83. The molecule has 2 unspecified atom stereocenters. The maximum atomic E-state index is 9.52. The number of fused-ring (bicyclic) bond motifs is 1. The SMILES string of the molecule is CCc1[nH]nc2c1C(c1ccc(SC)cc1)C(C#N)C(=N)O2. The average Bonchev–Trinajstić information content (AvgIpc) is 2.96. The van der Waals surface area contributed by atoms with Gasteiger partial charge in [-0.1, -0.05) is 19.1 Å². The molecule has 6 heteroatoms. The molecule has 0 bridgehead atoms. The second-order valence-electron chi connectivity index (χ2n) is 5.10. The summed E-state index contributed by atoms with van der Waals surface area (Å²) in [7, 11) is 0. The molecule has 3 rings (SSSR count). The van der Waals surface area contributed by atoms with Crippen LogP contribution in [0.1, 0.15) is 29.7 Å². The Bertz CT molecular complexity index is 744. The van der Waals surface area contributed by atoms with E-state index < -0.39 is 5.92 Å². The van der Waals surface area contributed by atoms with Crippen molar-refractivity contribution < 1.29 is 4.74 Å². The van der Waals surface area contributed by atoms with E-state index in [1.54, 1.807) is 11.8 Å². The number of rotatable bonds is 3. The fourth-order valence-corrected chi connectivity index (χ4v) is 3.23. The van der Waals surface area contributed by atoms with Crippen LogP contribution >= 0.6 is 11.8 Å². The number of nitrogens with one attached hydrogen (secondary N) is 2. The van der Waals surface area contributed by atoms with Crippen LogP contribution in [-0.4, -0.2) is 22.4 Å². The van der Waals surface area contributed by atoms with Gasteiger partial charge in [-0.2, -0.15) is 5.26 Å². The molecular weight excluding hydrogens is 296 g/mol. The van der Waals surface area contributed by atoms with Gasteiger partial charge in [-0.25, -0.2) is 0 Å². The third kappa shape index (κ3) is 2.28. The molecule has 2 aromatic rings. The molecule has 22 heavy (non-hydrogen) atoms. The van der Waals surface area contributed by atoms with E-state index in [0.717, 1.165) is 23.2 Å². The third-order valence-corrected chi connectivity index (χ3v) is 4.69. The number of H-pyrrole nitrogens is 1. The summed E-state index contributed by atoms with van der Waals surface area (Å²) in [6.45, 7) is 2.03. The lowest BCUT2D eigenvalue weighted by atomic mass is 9.79. The minimum absolute atomic E-state index is 0.0388. The summed E-state index contributed by atoms with van der Waals surface area (Å²) in [6, 6.07) is 10.3. The molecule has 0 aliphatic carbocycles. The van der Waals surface area contributed by atoms with Crippen LogP contribution in [0.15, 0.2) is 29.2 Å². The number of nitriles is 1. The number of aromatic nitrogens is 2. The van der Waals surface area contributed by atoms with Gasteiger partial charge < -0.3 is 4.74 Å². The van der Waals surface area contributed by atoms with Crippen LogP contribution in [0.3, 0.4) is 0 Å². The summed E-state index contributed by atoms with van der Waals surface area (Å²) in [4.78, 5) is 1.17. The van der Waals surface area contributed by atoms with E-state index in [2.05, 4.69) is 16.3 Å². The van der Waals surface area contributed by atoms with Gasteiger partial charge in [-0.15, -0.1) is 16.9 Å². The summed E-state index contributed by atoms with van der Waals surface area (Å²) in [5.41, 5.74) is 2.87. The molecule has 0 spiro atoms. The van der Waals surface area contributed by atoms with Crippen LogP contribution in [0.2, 0.25) is 0 Å². The highest BCUT2D eigenvalue weighted by molar-refractivity contribution is 7.98. The smallest absolute Gasteiger partial charge is 0.243 e. The summed E-state index contributed by atoms with van der Waals surface area (Å²) in [5, 5.41) is 24.6. The van der Waals surface area contributed by atoms with E-state index in [4.69, 9.17) is 10.1 Å². The van der Waals surface area contributed by atoms with Crippen LogP contribution in [0, 0.1) is 22.7 Å². The van der Waals surface area contributed by atoms with Crippen molar-refractivity contribution in [1.82, 2.24) is 10.2 Å². The van der Waals surface area contributed by atoms with Crippen LogP contribution in [0.25, 0.3) is 0 Å². The number of aryl methyl sites for hydroxylation is 1. The number of hydrogen-bond acceptors (Lipinski definition) is 5.